The van der Waals surface area contributed by atoms with Crippen LogP contribution in [0, 0.1) is 0 Å². The number of rotatable bonds is 8. The van der Waals surface area contributed by atoms with Gasteiger partial charge in [0.15, 0.2) is 0 Å². The van der Waals surface area contributed by atoms with Crippen LogP contribution in [0.2, 0.25) is 0 Å². The number of benzene rings is 1. The number of nitrogens with one attached hydrogen (secondary N) is 2. The van der Waals surface area contributed by atoms with Crippen molar-refractivity contribution in [3.05, 3.63) is 70.0 Å². The molecule has 0 unspecified atom stereocenters. The number of furan rings is 1. The first kappa shape index (κ1) is 18.4. The molecule has 3 aromatic rings. The van der Waals surface area contributed by atoms with Crippen LogP contribution in [0.5, 0.6) is 0 Å². The summed E-state index contributed by atoms with van der Waals surface area (Å²) in [5, 5.41) is 10.9. The normalized spacial score (nSPS) is 10.6. The summed E-state index contributed by atoms with van der Waals surface area (Å²) < 4.78 is 10.4. The molecule has 8 nitrogen and oxygen atoms in total. The summed E-state index contributed by atoms with van der Waals surface area (Å²) >= 11 is 0. The summed E-state index contributed by atoms with van der Waals surface area (Å²) in [4.78, 5) is 26.6. The molecule has 0 atom stereocenters. The van der Waals surface area contributed by atoms with E-state index in [4.69, 9.17) is 9.15 Å². The smallest absolute Gasteiger partial charge is 0.338 e. The zero-order valence-corrected chi connectivity index (χ0v) is 14.9. The van der Waals surface area contributed by atoms with E-state index in [2.05, 4.69) is 20.5 Å². The van der Waals surface area contributed by atoms with Crippen molar-refractivity contribution in [2.24, 2.45) is 0 Å². The van der Waals surface area contributed by atoms with Crippen molar-refractivity contribution in [1.82, 2.24) is 15.2 Å². The van der Waals surface area contributed by atoms with Gasteiger partial charge in [-0.1, -0.05) is 13.3 Å². The first-order valence-corrected chi connectivity index (χ1v) is 8.68. The summed E-state index contributed by atoms with van der Waals surface area (Å²) in [6.07, 6.45) is 3.61. The monoisotopic (exact) mass is 368 g/mol. The third-order valence-electron chi connectivity index (χ3n) is 3.80. The number of unbranched alkanes of at least 4 members (excludes halogenated alkanes) is 1. The Hall–Kier alpha value is -3.42. The molecule has 0 saturated heterocycles. The minimum absolute atomic E-state index is 0.210. The molecule has 27 heavy (non-hydrogen) atoms. The van der Waals surface area contributed by atoms with Crippen LogP contribution in [-0.2, 0) is 11.2 Å². The summed E-state index contributed by atoms with van der Waals surface area (Å²) in [5.41, 5.74) is 1.04. The van der Waals surface area contributed by atoms with Crippen molar-refractivity contribution in [3.63, 3.8) is 0 Å². The van der Waals surface area contributed by atoms with Gasteiger partial charge in [-0.2, -0.15) is 0 Å². The Bertz CT molecular complexity index is 933. The molecule has 1 aromatic carbocycles. The minimum Gasteiger partial charge on any atom is -0.469 e. The number of anilines is 2. The Labute approximate surface area is 155 Å². The van der Waals surface area contributed by atoms with Crippen LogP contribution in [0.1, 0.15) is 41.6 Å². The molecule has 0 aliphatic rings. The fraction of sp³-hybridized carbons (Fsp3) is 0.263. The van der Waals surface area contributed by atoms with E-state index >= 15 is 0 Å². The lowest BCUT2D eigenvalue weighted by Gasteiger charge is -2.07. The molecule has 0 saturated carbocycles. The lowest BCUT2D eigenvalue weighted by molar-refractivity contribution is 0.0500. The van der Waals surface area contributed by atoms with Gasteiger partial charge >= 0.3 is 5.97 Å². The van der Waals surface area contributed by atoms with Crippen LogP contribution < -0.4 is 10.9 Å². The maximum absolute atomic E-state index is 12.1. The fourth-order valence-corrected chi connectivity index (χ4v) is 2.33. The number of carbonyl (C=O) groups is 1. The Kier molecular flexibility index (Phi) is 5.98. The first-order chi connectivity index (χ1) is 13.2. The van der Waals surface area contributed by atoms with E-state index in [0.717, 1.165) is 12.8 Å². The number of aromatic nitrogens is 3. The van der Waals surface area contributed by atoms with E-state index < -0.39 is 0 Å². The van der Waals surface area contributed by atoms with Crippen LogP contribution in [0.3, 0.4) is 0 Å². The van der Waals surface area contributed by atoms with Crippen molar-refractivity contribution >= 4 is 17.6 Å². The molecule has 2 aromatic heterocycles. The van der Waals surface area contributed by atoms with Crippen LogP contribution >= 0.6 is 0 Å². The molecule has 2 N–H and O–H groups in total. The molecule has 3 rings (SSSR count). The average molecular weight is 368 g/mol. The highest BCUT2D eigenvalue weighted by Gasteiger charge is 2.09. The highest BCUT2D eigenvalue weighted by molar-refractivity contribution is 5.89. The van der Waals surface area contributed by atoms with Crippen LogP contribution in [0.15, 0.2) is 51.9 Å². The highest BCUT2D eigenvalue weighted by atomic mass is 16.5. The number of hydrogen-bond donors (Lipinski definition) is 2. The van der Waals surface area contributed by atoms with Gasteiger partial charge in [0.05, 0.1) is 24.9 Å². The van der Waals surface area contributed by atoms with Gasteiger partial charge in [-0.25, -0.2) is 4.79 Å². The molecule has 0 aliphatic heterocycles. The van der Waals surface area contributed by atoms with Gasteiger partial charge in [0.25, 0.3) is 5.56 Å². The Morgan fingerprint density at radius 1 is 1.22 bits per heavy atom. The number of carbonyl (C=O) groups excluding carboxylic acids is 1. The van der Waals surface area contributed by atoms with Gasteiger partial charge in [-0.3, -0.25) is 9.78 Å². The molecule has 0 fully saturated rings. The standard InChI is InChI=1S/C19H20N4O4/c1-2-3-10-27-18(25)13-6-8-14(9-7-13)20-19-21-17(24)16(22-23-19)12-15-5-4-11-26-15/h4-9,11H,2-3,10,12H2,1H3,(H2,20,21,23,24). The lowest BCUT2D eigenvalue weighted by Crippen LogP contribution is -2.18. The lowest BCUT2D eigenvalue weighted by atomic mass is 10.2. The van der Waals surface area contributed by atoms with E-state index in [-0.39, 0.29) is 29.6 Å². The third kappa shape index (κ3) is 5.04. The van der Waals surface area contributed by atoms with E-state index in [1.165, 1.54) is 6.26 Å². The molecule has 0 amide bonds. The summed E-state index contributed by atoms with van der Waals surface area (Å²) in [5.74, 6) is 0.490. The van der Waals surface area contributed by atoms with E-state index in [1.807, 2.05) is 6.92 Å². The third-order valence-corrected chi connectivity index (χ3v) is 3.80. The number of ether oxygens (including phenoxy) is 1. The topological polar surface area (TPSA) is 110 Å². The number of hydrogen-bond acceptors (Lipinski definition) is 7. The minimum atomic E-state index is -0.356. The van der Waals surface area contributed by atoms with Gasteiger partial charge in [0, 0.05) is 5.69 Å². The summed E-state index contributed by atoms with van der Waals surface area (Å²) in [7, 11) is 0. The molecule has 0 bridgehead atoms. The predicted molar refractivity (Wildman–Crippen MR) is 99.1 cm³/mol. The van der Waals surface area contributed by atoms with E-state index in [0.29, 0.717) is 23.6 Å². The quantitative estimate of drug-likeness (QED) is 0.464. The Balaban J connectivity index is 1.62. The van der Waals surface area contributed by atoms with Crippen molar-refractivity contribution < 1.29 is 13.9 Å². The van der Waals surface area contributed by atoms with Gasteiger partial charge in [-0.05, 0) is 42.8 Å². The van der Waals surface area contributed by atoms with Gasteiger partial charge < -0.3 is 14.5 Å². The van der Waals surface area contributed by atoms with E-state index in [1.54, 1.807) is 36.4 Å². The maximum atomic E-state index is 12.1. The zero-order valence-electron chi connectivity index (χ0n) is 14.9. The van der Waals surface area contributed by atoms with Crippen LogP contribution in [-0.4, -0.2) is 27.8 Å². The molecule has 0 aliphatic carbocycles. The highest BCUT2D eigenvalue weighted by Crippen LogP contribution is 2.14. The molecule has 0 radical (unpaired) electrons. The van der Waals surface area contributed by atoms with Crippen LogP contribution in [0.4, 0.5) is 11.6 Å². The average Bonchev–Trinajstić information content (AvgIpc) is 3.18. The molecular weight excluding hydrogens is 348 g/mol. The van der Waals surface area contributed by atoms with Gasteiger partial charge in [-0.15, -0.1) is 10.2 Å². The number of aromatic amines is 1. The van der Waals surface area contributed by atoms with Crippen molar-refractivity contribution in [3.8, 4) is 0 Å². The second-order valence-corrected chi connectivity index (χ2v) is 5.90. The largest absolute Gasteiger partial charge is 0.469 e. The van der Waals surface area contributed by atoms with Gasteiger partial charge in [0.1, 0.15) is 11.5 Å². The van der Waals surface area contributed by atoms with Crippen molar-refractivity contribution in [2.45, 2.75) is 26.2 Å². The number of esters is 1. The van der Waals surface area contributed by atoms with Crippen LogP contribution in [0.25, 0.3) is 0 Å². The van der Waals surface area contributed by atoms with Gasteiger partial charge in [0.2, 0.25) is 5.95 Å². The second kappa shape index (κ2) is 8.79. The predicted octanol–water partition coefficient (Wildman–Crippen LogP) is 3.05. The van der Waals surface area contributed by atoms with Crippen molar-refractivity contribution in [2.75, 3.05) is 11.9 Å². The molecule has 2 heterocycles. The maximum Gasteiger partial charge on any atom is 0.338 e. The molecule has 140 valence electrons. The zero-order chi connectivity index (χ0) is 19.1. The fourth-order valence-electron chi connectivity index (χ4n) is 2.33. The van der Waals surface area contributed by atoms with E-state index in [9.17, 15) is 9.59 Å². The van der Waals surface area contributed by atoms with Crippen molar-refractivity contribution in [1.29, 1.82) is 0 Å². The summed E-state index contributed by atoms with van der Waals surface area (Å²) in [6.45, 7) is 2.45. The number of H-pyrrole nitrogens is 1. The Morgan fingerprint density at radius 2 is 2.04 bits per heavy atom. The molecule has 8 heteroatoms. The number of nitrogens with zero attached hydrogens (tertiary/aromatic N) is 2. The first-order valence-electron chi connectivity index (χ1n) is 8.68. The second-order valence-electron chi connectivity index (χ2n) is 5.90. The molecule has 0 spiro atoms. The SMILES string of the molecule is CCCCOC(=O)c1ccc(Nc2nnc(Cc3ccco3)c(=O)[nH]2)cc1. The Morgan fingerprint density at radius 3 is 2.70 bits per heavy atom. The summed E-state index contributed by atoms with van der Waals surface area (Å²) in [6, 6.07) is 10.2. The molecular formula is C19H20N4O4.